The summed E-state index contributed by atoms with van der Waals surface area (Å²) in [4.78, 5) is 18.5. The van der Waals surface area contributed by atoms with E-state index in [4.69, 9.17) is 4.74 Å². The molecule has 41 heavy (non-hydrogen) atoms. The van der Waals surface area contributed by atoms with Gasteiger partial charge in [-0.05, 0) is 62.6 Å². The van der Waals surface area contributed by atoms with Gasteiger partial charge < -0.3 is 20.7 Å². The number of thioether (sulfide) groups is 1. The zero-order valence-corrected chi connectivity index (χ0v) is 23.5. The number of hydrogen-bond acceptors (Lipinski definition) is 7. The molecule has 2 aliphatic rings. The zero-order chi connectivity index (χ0) is 29.3. The smallest absolute Gasteiger partial charge is 0.447 e. The molecule has 3 aromatic rings. The molecule has 13 heteroatoms. The van der Waals surface area contributed by atoms with E-state index in [0.29, 0.717) is 29.1 Å². The first-order chi connectivity index (χ1) is 19.6. The molecular weight excluding hydrogens is 560 g/mol. The summed E-state index contributed by atoms with van der Waals surface area (Å²) in [5.74, 6) is 5.78. The van der Waals surface area contributed by atoms with Crippen molar-refractivity contribution >= 4 is 34.7 Å². The maximum atomic E-state index is 15.3. The minimum atomic E-state index is -4.57. The first kappa shape index (κ1) is 28.9. The molecule has 0 spiro atoms. The molecule has 4 heterocycles. The van der Waals surface area contributed by atoms with Crippen LogP contribution in [0.1, 0.15) is 35.3 Å². The average Bonchev–Trinajstić information content (AvgIpc) is 3.42. The van der Waals surface area contributed by atoms with Crippen LogP contribution in [0.4, 0.5) is 28.9 Å². The number of carbonyl (C=O) groups excluding carboxylic acids is 1. The quantitative estimate of drug-likeness (QED) is 0.208. The molecule has 5 rings (SSSR count). The number of hydrogen-bond donors (Lipinski definition) is 3. The third kappa shape index (κ3) is 6.04. The number of fused-ring (bicyclic) bond motifs is 3. The molecule has 2 saturated heterocycles. The van der Waals surface area contributed by atoms with Crippen molar-refractivity contribution in [2.24, 2.45) is 0 Å². The fourth-order valence-corrected chi connectivity index (χ4v) is 6.24. The van der Waals surface area contributed by atoms with Crippen molar-refractivity contribution in [3.63, 3.8) is 0 Å². The van der Waals surface area contributed by atoms with Crippen LogP contribution < -0.4 is 20.7 Å². The van der Waals surface area contributed by atoms with E-state index < -0.39 is 17.7 Å². The second kappa shape index (κ2) is 11.7. The molecule has 0 unspecified atom stereocenters. The maximum absolute atomic E-state index is 15.3. The van der Waals surface area contributed by atoms with Crippen LogP contribution in [0.15, 0.2) is 41.6 Å². The molecular formula is C28H30F4N6O2S. The summed E-state index contributed by atoms with van der Waals surface area (Å²) in [6.45, 7) is 0.0462. The van der Waals surface area contributed by atoms with E-state index >= 15 is 4.39 Å². The summed E-state index contributed by atoms with van der Waals surface area (Å²) in [5, 5.41) is 8.65. The first-order valence-corrected chi connectivity index (χ1v) is 13.9. The molecule has 1 aromatic carbocycles. The van der Waals surface area contributed by atoms with E-state index in [2.05, 4.69) is 37.7 Å². The monoisotopic (exact) mass is 590 g/mol. The number of pyridine rings is 1. The summed E-state index contributed by atoms with van der Waals surface area (Å²) in [6.07, 6.45) is 2.70. The minimum Gasteiger partial charge on any atom is -0.495 e. The predicted molar refractivity (Wildman–Crippen MR) is 150 cm³/mol. The number of piperidine rings is 1. The predicted octanol–water partition coefficient (Wildman–Crippen LogP) is 4.76. The number of ether oxygens (including phenoxy) is 1. The zero-order valence-electron chi connectivity index (χ0n) is 22.7. The molecule has 0 radical (unpaired) electrons. The molecule has 2 fully saturated rings. The summed E-state index contributed by atoms with van der Waals surface area (Å²) in [6, 6.07) is 7.77. The van der Waals surface area contributed by atoms with E-state index in [1.807, 2.05) is 7.05 Å². The maximum Gasteiger partial charge on any atom is 0.447 e. The van der Waals surface area contributed by atoms with Gasteiger partial charge in [0.15, 0.2) is 5.65 Å². The fourth-order valence-electron chi connectivity index (χ4n) is 5.58. The standard InChI is InChI=1S/C28H30F4N6O2S/c1-33-26(39)16-8-11-23(40-3)20(14-16)34-12-4-6-19-27(41-28(30,31)32)38-13-5-7-18(25(38)36-19)35-21-15-17-9-10-22(24(21)29)37(17)2/h5,7-8,11,13-14,17,21-22,24,34-35H,9-10,12,15H2,1-3H3,(H,33,39)/t17-,21-,22+,24-/m1/s1. The number of anilines is 2. The Morgan fingerprint density at radius 3 is 2.78 bits per heavy atom. The summed E-state index contributed by atoms with van der Waals surface area (Å²) >= 11 is -0.297. The van der Waals surface area contributed by atoms with E-state index in [9.17, 15) is 18.0 Å². The highest BCUT2D eigenvalue weighted by Gasteiger charge is 2.46. The normalized spacial score (nSPS) is 22.2. The second-order valence-electron chi connectivity index (χ2n) is 9.97. The van der Waals surface area contributed by atoms with Gasteiger partial charge in [-0.3, -0.25) is 14.1 Å². The SMILES string of the molecule is CNC(=O)c1ccc(OC)c(NCC#Cc2nc3c(N[C@@H]4C[C@H]5CC[C@@H]([C@@H]4F)N5C)cccn3c2SC(F)(F)F)c1. The van der Waals surface area contributed by atoms with Gasteiger partial charge in [-0.15, -0.1) is 0 Å². The van der Waals surface area contributed by atoms with Gasteiger partial charge in [-0.25, -0.2) is 9.37 Å². The lowest BCUT2D eigenvalue weighted by Gasteiger charge is -2.39. The van der Waals surface area contributed by atoms with Gasteiger partial charge in [0.25, 0.3) is 5.91 Å². The van der Waals surface area contributed by atoms with Gasteiger partial charge in [-0.2, -0.15) is 13.2 Å². The number of aromatic nitrogens is 2. The Balaban J connectivity index is 1.42. The van der Waals surface area contributed by atoms with Gasteiger partial charge in [-0.1, -0.05) is 5.92 Å². The molecule has 2 aliphatic heterocycles. The van der Waals surface area contributed by atoms with E-state index in [-0.39, 0.29) is 52.7 Å². The third-order valence-electron chi connectivity index (χ3n) is 7.59. The number of carbonyl (C=O) groups is 1. The number of nitrogens with one attached hydrogen (secondary N) is 3. The molecule has 0 saturated carbocycles. The van der Waals surface area contributed by atoms with Crippen LogP contribution in [0.2, 0.25) is 0 Å². The lowest BCUT2D eigenvalue weighted by Crippen LogP contribution is -2.53. The Morgan fingerprint density at radius 2 is 2.05 bits per heavy atom. The number of imidazole rings is 1. The first-order valence-electron chi connectivity index (χ1n) is 13.1. The molecule has 3 N–H and O–H groups in total. The second-order valence-corrected chi connectivity index (χ2v) is 11.0. The number of benzene rings is 1. The Bertz CT molecular complexity index is 1500. The van der Waals surface area contributed by atoms with Crippen LogP contribution in [0.5, 0.6) is 5.75 Å². The molecule has 218 valence electrons. The van der Waals surface area contributed by atoms with Crippen LogP contribution in [-0.2, 0) is 0 Å². The topological polar surface area (TPSA) is 82.9 Å². The van der Waals surface area contributed by atoms with Gasteiger partial charge in [0.2, 0.25) is 0 Å². The van der Waals surface area contributed by atoms with Crippen molar-refractivity contribution in [2.75, 3.05) is 38.4 Å². The Labute approximate surface area is 239 Å². The molecule has 8 nitrogen and oxygen atoms in total. The largest absolute Gasteiger partial charge is 0.495 e. The third-order valence-corrected chi connectivity index (χ3v) is 8.41. The highest BCUT2D eigenvalue weighted by Crippen LogP contribution is 2.41. The number of methoxy groups -OCH3 is 1. The van der Waals surface area contributed by atoms with Crippen molar-refractivity contribution < 1.29 is 27.1 Å². The van der Waals surface area contributed by atoms with Gasteiger partial charge in [0, 0.05) is 42.7 Å². The van der Waals surface area contributed by atoms with Gasteiger partial charge in [0.1, 0.15) is 22.6 Å². The Kier molecular flexibility index (Phi) is 8.24. The van der Waals surface area contributed by atoms with Gasteiger partial charge in [0.05, 0.1) is 31.1 Å². The molecule has 4 atom stereocenters. The fraction of sp³-hybridized carbons (Fsp3) is 0.429. The van der Waals surface area contributed by atoms with Crippen molar-refractivity contribution in [1.82, 2.24) is 19.6 Å². The molecule has 2 bridgehead atoms. The Hall–Kier alpha value is -3.63. The van der Waals surface area contributed by atoms with E-state index in [1.165, 1.54) is 24.8 Å². The summed E-state index contributed by atoms with van der Waals surface area (Å²) in [7, 11) is 4.94. The molecule has 0 aliphatic carbocycles. The van der Waals surface area contributed by atoms with Crippen LogP contribution in [0, 0.1) is 11.8 Å². The van der Waals surface area contributed by atoms with Crippen molar-refractivity contribution in [3.05, 3.63) is 47.8 Å². The molecule has 1 amide bonds. The van der Waals surface area contributed by atoms with Crippen LogP contribution in [-0.4, -0.2) is 77.7 Å². The van der Waals surface area contributed by atoms with Gasteiger partial charge >= 0.3 is 5.51 Å². The van der Waals surface area contributed by atoms with Crippen molar-refractivity contribution in [1.29, 1.82) is 0 Å². The van der Waals surface area contributed by atoms with Crippen LogP contribution in [0.3, 0.4) is 0 Å². The van der Waals surface area contributed by atoms with Crippen molar-refractivity contribution in [3.8, 4) is 17.6 Å². The lowest BCUT2D eigenvalue weighted by molar-refractivity contribution is -0.0330. The summed E-state index contributed by atoms with van der Waals surface area (Å²) in [5.41, 5.74) is -3.01. The van der Waals surface area contributed by atoms with Crippen LogP contribution >= 0.6 is 11.8 Å². The summed E-state index contributed by atoms with van der Waals surface area (Å²) < 4.78 is 62.6. The highest BCUT2D eigenvalue weighted by molar-refractivity contribution is 8.00. The lowest BCUT2D eigenvalue weighted by atomic mass is 9.96. The van der Waals surface area contributed by atoms with E-state index in [1.54, 1.807) is 30.3 Å². The Morgan fingerprint density at radius 1 is 1.24 bits per heavy atom. The highest BCUT2D eigenvalue weighted by atomic mass is 32.2. The number of rotatable bonds is 7. The number of halogens is 4. The van der Waals surface area contributed by atoms with E-state index in [0.717, 1.165) is 12.8 Å². The molecule has 2 aromatic heterocycles. The number of amides is 1. The average molecular weight is 591 g/mol. The van der Waals surface area contributed by atoms with Crippen molar-refractivity contribution in [2.45, 2.75) is 54.1 Å². The number of nitrogens with zero attached hydrogens (tertiary/aromatic N) is 3. The minimum absolute atomic E-state index is 0.0462. The van der Waals surface area contributed by atoms with Crippen LogP contribution in [0.25, 0.3) is 5.65 Å². The number of alkyl halides is 4.